The molecule has 0 spiro atoms. The summed E-state index contributed by atoms with van der Waals surface area (Å²) < 4.78 is 13.5. The highest BCUT2D eigenvalue weighted by molar-refractivity contribution is 5.81. The lowest BCUT2D eigenvalue weighted by atomic mass is 10.0. The van der Waals surface area contributed by atoms with Gasteiger partial charge in [0.2, 0.25) is 0 Å². The van der Waals surface area contributed by atoms with Crippen molar-refractivity contribution in [2.75, 3.05) is 6.61 Å². The van der Waals surface area contributed by atoms with E-state index in [0.717, 1.165) is 37.9 Å². The predicted molar refractivity (Wildman–Crippen MR) is 117 cm³/mol. The van der Waals surface area contributed by atoms with E-state index in [4.69, 9.17) is 0 Å². The minimum absolute atomic E-state index is 0.163. The van der Waals surface area contributed by atoms with Crippen molar-refractivity contribution in [3.8, 4) is 0 Å². The summed E-state index contributed by atoms with van der Waals surface area (Å²) in [5, 5.41) is 0. The fourth-order valence-electron chi connectivity index (χ4n) is 1.82. The molecule has 6 heteroatoms. The Kier molecular flexibility index (Phi) is 27.7. The first-order valence-electron chi connectivity index (χ1n) is 10.1. The van der Waals surface area contributed by atoms with Crippen LogP contribution in [0.5, 0.6) is 0 Å². The molecule has 0 aromatic rings. The third-order valence-corrected chi connectivity index (χ3v) is 3.29. The predicted octanol–water partition coefficient (Wildman–Crippen LogP) is 5.88. The van der Waals surface area contributed by atoms with E-state index in [9.17, 15) is 14.4 Å². The van der Waals surface area contributed by atoms with Gasteiger partial charge >= 0.3 is 17.9 Å². The third-order valence-electron chi connectivity index (χ3n) is 3.29. The summed E-state index contributed by atoms with van der Waals surface area (Å²) in [7, 11) is 0. The van der Waals surface area contributed by atoms with Gasteiger partial charge in [-0.3, -0.25) is 9.59 Å². The van der Waals surface area contributed by atoms with Crippen LogP contribution < -0.4 is 0 Å². The zero-order valence-corrected chi connectivity index (χ0v) is 18.7. The molecule has 0 fully saturated rings. The Morgan fingerprint density at radius 2 is 1.48 bits per heavy atom. The average Bonchev–Trinajstić information content (AvgIpc) is 2.65. The van der Waals surface area contributed by atoms with Gasteiger partial charge < -0.3 is 14.2 Å². The van der Waals surface area contributed by atoms with Crippen molar-refractivity contribution in [3.63, 3.8) is 0 Å². The molecule has 0 aliphatic heterocycles. The molecular formula is C23H40O6. The SMILES string of the molecule is C=CC(=O)OCCCC.C=COC(=O)CCCCCCC(C)C.C=COC(C)=O. The Bertz CT molecular complexity index is 454. The van der Waals surface area contributed by atoms with Crippen molar-refractivity contribution in [1.82, 2.24) is 0 Å². The number of rotatable bonds is 13. The summed E-state index contributed by atoms with van der Waals surface area (Å²) in [4.78, 5) is 31.0. The van der Waals surface area contributed by atoms with Crippen LogP contribution in [0.2, 0.25) is 0 Å². The molecule has 29 heavy (non-hydrogen) atoms. The van der Waals surface area contributed by atoms with Crippen LogP contribution in [-0.2, 0) is 28.6 Å². The van der Waals surface area contributed by atoms with Crippen molar-refractivity contribution in [2.24, 2.45) is 5.92 Å². The molecule has 0 unspecified atom stereocenters. The lowest BCUT2D eigenvalue weighted by molar-refractivity contribution is -0.138. The topological polar surface area (TPSA) is 78.9 Å². The van der Waals surface area contributed by atoms with Gasteiger partial charge in [-0.05, 0) is 18.8 Å². The molecule has 0 saturated heterocycles. The number of hydrogen-bond donors (Lipinski definition) is 0. The van der Waals surface area contributed by atoms with Crippen LogP contribution in [0.1, 0.15) is 79.1 Å². The van der Waals surface area contributed by atoms with Crippen molar-refractivity contribution in [1.29, 1.82) is 0 Å². The quantitative estimate of drug-likeness (QED) is 0.124. The van der Waals surface area contributed by atoms with Gasteiger partial charge in [0.1, 0.15) is 0 Å². The Morgan fingerprint density at radius 3 is 1.90 bits per heavy atom. The number of hydrogen-bond acceptors (Lipinski definition) is 6. The summed E-state index contributed by atoms with van der Waals surface area (Å²) in [6, 6.07) is 0. The van der Waals surface area contributed by atoms with Gasteiger partial charge in [0, 0.05) is 19.4 Å². The first kappa shape index (κ1) is 31.3. The molecule has 168 valence electrons. The summed E-state index contributed by atoms with van der Waals surface area (Å²) in [5.41, 5.74) is 0. The molecule has 6 nitrogen and oxygen atoms in total. The van der Waals surface area contributed by atoms with Crippen molar-refractivity contribution >= 4 is 17.9 Å². The molecule has 0 atom stereocenters. The van der Waals surface area contributed by atoms with Gasteiger partial charge in [-0.2, -0.15) is 0 Å². The fourth-order valence-corrected chi connectivity index (χ4v) is 1.82. The van der Waals surface area contributed by atoms with E-state index >= 15 is 0 Å². The minimum Gasteiger partial charge on any atom is -0.463 e. The average molecular weight is 413 g/mol. The molecule has 0 saturated carbocycles. The number of carbonyl (C=O) groups is 3. The van der Waals surface area contributed by atoms with Gasteiger partial charge in [-0.15, -0.1) is 0 Å². The Balaban J connectivity index is -0.000000386. The molecule has 0 aliphatic rings. The molecule has 0 amide bonds. The van der Waals surface area contributed by atoms with Gasteiger partial charge in [-0.25, -0.2) is 4.79 Å². The second kappa shape index (κ2) is 25.6. The second-order valence-electron chi connectivity index (χ2n) is 6.50. The van der Waals surface area contributed by atoms with Crippen LogP contribution in [-0.4, -0.2) is 24.5 Å². The highest BCUT2D eigenvalue weighted by Crippen LogP contribution is 2.10. The number of unbranched alkanes of at least 4 members (excludes halogenated alkanes) is 4. The minimum atomic E-state index is -0.330. The van der Waals surface area contributed by atoms with Crippen molar-refractivity contribution in [3.05, 3.63) is 38.3 Å². The third kappa shape index (κ3) is 37.1. The highest BCUT2D eigenvalue weighted by Gasteiger charge is 2.00. The van der Waals surface area contributed by atoms with Crippen molar-refractivity contribution in [2.45, 2.75) is 79.1 Å². The standard InChI is InChI=1S/C12H22O2.C7H12O2.C4H6O2/c1-4-14-12(13)10-8-6-5-7-9-11(2)3;1-3-5-6-9-7(8)4-2;1-3-6-4(2)5/h4,11H,1,5-10H2,2-3H3;4H,2-3,5-6H2,1H3;3H,1H2,2H3. The monoisotopic (exact) mass is 412 g/mol. The van der Waals surface area contributed by atoms with Crippen molar-refractivity contribution < 1.29 is 28.6 Å². The molecule has 0 aromatic heterocycles. The maximum Gasteiger partial charge on any atom is 0.330 e. The van der Waals surface area contributed by atoms with E-state index in [1.165, 1.54) is 38.5 Å². The smallest absolute Gasteiger partial charge is 0.330 e. The van der Waals surface area contributed by atoms with Crippen LogP contribution >= 0.6 is 0 Å². The van der Waals surface area contributed by atoms with Crippen LogP contribution in [0.3, 0.4) is 0 Å². The van der Waals surface area contributed by atoms with Crippen LogP contribution in [0.4, 0.5) is 0 Å². The van der Waals surface area contributed by atoms with Crippen LogP contribution in [0.25, 0.3) is 0 Å². The Hall–Kier alpha value is -2.37. The first-order chi connectivity index (χ1) is 13.7. The molecule has 0 bridgehead atoms. The van der Waals surface area contributed by atoms with Gasteiger partial charge in [0.05, 0.1) is 19.1 Å². The maximum atomic E-state index is 10.9. The zero-order chi connectivity index (χ0) is 22.9. The zero-order valence-electron chi connectivity index (χ0n) is 18.7. The van der Waals surface area contributed by atoms with E-state index in [2.05, 4.69) is 47.8 Å². The lowest BCUT2D eigenvalue weighted by Crippen LogP contribution is -2.00. The molecular weight excluding hydrogens is 372 g/mol. The number of ether oxygens (including phenoxy) is 3. The molecule has 0 radical (unpaired) electrons. The lowest BCUT2D eigenvalue weighted by Gasteiger charge is -2.03. The fraction of sp³-hybridized carbons (Fsp3) is 0.609. The van der Waals surface area contributed by atoms with Crippen LogP contribution in [0.15, 0.2) is 38.3 Å². The number of esters is 3. The van der Waals surface area contributed by atoms with E-state index < -0.39 is 0 Å². The molecule has 0 N–H and O–H groups in total. The first-order valence-corrected chi connectivity index (χ1v) is 10.1. The van der Waals surface area contributed by atoms with Gasteiger partial charge in [0.25, 0.3) is 0 Å². The molecule has 0 heterocycles. The normalized spacial score (nSPS) is 9.00. The molecule has 0 aromatic carbocycles. The van der Waals surface area contributed by atoms with E-state index in [1.807, 2.05) is 6.92 Å². The van der Waals surface area contributed by atoms with Crippen LogP contribution in [0, 0.1) is 5.92 Å². The van der Waals surface area contributed by atoms with E-state index in [1.54, 1.807) is 0 Å². The molecule has 0 rings (SSSR count). The summed E-state index contributed by atoms with van der Waals surface area (Å²) in [5.74, 6) is -0.0296. The maximum absolute atomic E-state index is 10.9. The van der Waals surface area contributed by atoms with E-state index in [-0.39, 0.29) is 17.9 Å². The number of carbonyl (C=O) groups excluding carboxylic acids is 3. The summed E-state index contributed by atoms with van der Waals surface area (Å²) in [6.07, 6.45) is 11.8. The van der Waals surface area contributed by atoms with E-state index in [0.29, 0.717) is 13.0 Å². The molecule has 0 aliphatic carbocycles. The van der Waals surface area contributed by atoms with Gasteiger partial charge in [-0.1, -0.05) is 72.6 Å². The highest BCUT2D eigenvalue weighted by atomic mass is 16.5. The largest absolute Gasteiger partial charge is 0.463 e. The van der Waals surface area contributed by atoms with Gasteiger partial charge in [0.15, 0.2) is 0 Å². The Morgan fingerprint density at radius 1 is 0.897 bits per heavy atom. The second-order valence-corrected chi connectivity index (χ2v) is 6.50. The summed E-state index contributed by atoms with van der Waals surface area (Å²) >= 11 is 0. The summed E-state index contributed by atoms with van der Waals surface area (Å²) in [6.45, 7) is 18.1. The Labute approximate surface area is 177 Å².